The first-order chi connectivity index (χ1) is 9.52. The van der Waals surface area contributed by atoms with E-state index in [1.807, 2.05) is 6.92 Å². The molecular weight excluding hydrogens is 276 g/mol. The highest BCUT2D eigenvalue weighted by atomic mass is 32.2. The molecule has 1 aliphatic heterocycles. The van der Waals surface area contributed by atoms with Crippen molar-refractivity contribution in [1.82, 2.24) is 8.87 Å². The van der Waals surface area contributed by atoms with Crippen LogP contribution in [0.25, 0.3) is 0 Å². The molecule has 2 rings (SSSR count). The van der Waals surface area contributed by atoms with Crippen molar-refractivity contribution < 1.29 is 13.5 Å². The number of hydrogen-bond donors (Lipinski definition) is 1. The third-order valence-electron chi connectivity index (χ3n) is 4.25. The monoisotopic (exact) mass is 300 g/mol. The van der Waals surface area contributed by atoms with E-state index in [4.69, 9.17) is 0 Å². The molecule has 114 valence electrons. The quantitative estimate of drug-likeness (QED) is 0.902. The first-order valence-corrected chi connectivity index (χ1v) is 8.77. The topological polar surface area (TPSA) is 62.5 Å². The van der Waals surface area contributed by atoms with Gasteiger partial charge in [0.05, 0.1) is 6.61 Å². The summed E-state index contributed by atoms with van der Waals surface area (Å²) in [6.45, 7) is 5.82. The fraction of sp³-hybridized carbons (Fsp3) is 0.714. The molecule has 0 radical (unpaired) electrons. The van der Waals surface area contributed by atoms with Crippen molar-refractivity contribution >= 4 is 10.0 Å². The van der Waals surface area contributed by atoms with Gasteiger partial charge in [-0.15, -0.1) is 0 Å². The minimum absolute atomic E-state index is 0.138. The molecule has 1 aliphatic rings. The Hall–Kier alpha value is -0.850. The van der Waals surface area contributed by atoms with Gasteiger partial charge in [-0.05, 0) is 31.7 Å². The minimum atomic E-state index is -3.41. The van der Waals surface area contributed by atoms with E-state index in [0.717, 1.165) is 19.3 Å². The standard InChI is InChI=1S/C14H24N2O3S/c1-3-12-5-7-16(8-6-12)20(18,19)14-9-13(11-17)15(4-2)10-14/h9-10,12,17H,3-8,11H2,1-2H3. The molecule has 5 nitrogen and oxygen atoms in total. The molecule has 0 atom stereocenters. The average molecular weight is 300 g/mol. The van der Waals surface area contributed by atoms with E-state index < -0.39 is 10.0 Å². The Morgan fingerprint density at radius 3 is 2.40 bits per heavy atom. The summed E-state index contributed by atoms with van der Waals surface area (Å²) in [6.07, 6.45) is 4.63. The second-order valence-corrected chi connectivity index (χ2v) is 7.30. The smallest absolute Gasteiger partial charge is 0.244 e. The molecule has 0 unspecified atom stereocenters. The lowest BCUT2D eigenvalue weighted by molar-refractivity contribution is 0.269. The van der Waals surface area contributed by atoms with Gasteiger partial charge < -0.3 is 9.67 Å². The van der Waals surface area contributed by atoms with Gasteiger partial charge in [0, 0.05) is 31.5 Å². The molecule has 1 aromatic heterocycles. The Balaban J connectivity index is 2.20. The highest BCUT2D eigenvalue weighted by Crippen LogP contribution is 2.26. The molecule has 0 amide bonds. The average Bonchev–Trinajstić information content (AvgIpc) is 2.91. The van der Waals surface area contributed by atoms with E-state index in [9.17, 15) is 13.5 Å². The zero-order valence-electron chi connectivity index (χ0n) is 12.2. The lowest BCUT2D eigenvalue weighted by Crippen LogP contribution is -2.38. The molecule has 20 heavy (non-hydrogen) atoms. The fourth-order valence-corrected chi connectivity index (χ4v) is 4.33. The molecule has 2 heterocycles. The predicted octanol–water partition coefficient (Wildman–Crippen LogP) is 1.81. The maximum Gasteiger partial charge on any atom is 0.244 e. The van der Waals surface area contributed by atoms with Crippen LogP contribution in [0.5, 0.6) is 0 Å². The zero-order chi connectivity index (χ0) is 14.8. The van der Waals surface area contributed by atoms with Gasteiger partial charge in [-0.1, -0.05) is 13.3 Å². The van der Waals surface area contributed by atoms with E-state index in [-0.39, 0.29) is 6.61 Å². The molecular formula is C14H24N2O3S. The highest BCUT2D eigenvalue weighted by molar-refractivity contribution is 7.89. The number of rotatable bonds is 5. The summed E-state index contributed by atoms with van der Waals surface area (Å²) in [6, 6.07) is 1.59. The van der Waals surface area contributed by atoms with Crippen molar-refractivity contribution in [3.63, 3.8) is 0 Å². The number of aromatic nitrogens is 1. The molecule has 1 aromatic rings. The number of piperidine rings is 1. The Labute approximate surface area is 121 Å². The van der Waals surface area contributed by atoms with Crippen molar-refractivity contribution in [2.24, 2.45) is 5.92 Å². The van der Waals surface area contributed by atoms with Crippen LogP contribution in [-0.4, -0.2) is 35.5 Å². The maximum absolute atomic E-state index is 12.6. The summed E-state index contributed by atoms with van der Waals surface area (Å²) in [5, 5.41) is 9.28. The lowest BCUT2D eigenvalue weighted by Gasteiger charge is -2.30. The summed E-state index contributed by atoms with van der Waals surface area (Å²) in [5.41, 5.74) is 0.648. The summed E-state index contributed by atoms with van der Waals surface area (Å²) < 4.78 is 28.6. The number of sulfonamides is 1. The number of nitrogens with zero attached hydrogens (tertiary/aromatic N) is 2. The first kappa shape index (κ1) is 15.5. The Morgan fingerprint density at radius 1 is 1.30 bits per heavy atom. The molecule has 1 saturated heterocycles. The number of hydrogen-bond acceptors (Lipinski definition) is 3. The van der Waals surface area contributed by atoms with Crippen LogP contribution in [0.1, 0.15) is 38.8 Å². The first-order valence-electron chi connectivity index (χ1n) is 7.33. The Morgan fingerprint density at radius 2 is 1.95 bits per heavy atom. The maximum atomic E-state index is 12.6. The van der Waals surface area contributed by atoms with Crippen molar-refractivity contribution in [3.8, 4) is 0 Å². The van der Waals surface area contributed by atoms with E-state index in [1.54, 1.807) is 21.1 Å². The molecule has 0 aliphatic carbocycles. The summed E-state index contributed by atoms with van der Waals surface area (Å²) in [7, 11) is -3.41. The van der Waals surface area contributed by atoms with Gasteiger partial charge in [0.1, 0.15) is 4.90 Å². The zero-order valence-corrected chi connectivity index (χ0v) is 13.1. The fourth-order valence-electron chi connectivity index (χ4n) is 2.80. The molecule has 1 fully saturated rings. The molecule has 6 heteroatoms. The van der Waals surface area contributed by atoms with Crippen LogP contribution in [0.4, 0.5) is 0 Å². The Bertz CT molecular complexity index is 521. The summed E-state index contributed by atoms with van der Waals surface area (Å²) in [5.74, 6) is 0.648. The summed E-state index contributed by atoms with van der Waals surface area (Å²) in [4.78, 5) is 0.304. The van der Waals surface area contributed by atoms with Gasteiger partial charge >= 0.3 is 0 Å². The number of aliphatic hydroxyl groups is 1. The van der Waals surface area contributed by atoms with Crippen molar-refractivity contribution in [2.45, 2.75) is 51.2 Å². The van der Waals surface area contributed by atoms with Gasteiger partial charge in [0.25, 0.3) is 0 Å². The van der Waals surface area contributed by atoms with Gasteiger partial charge in [-0.3, -0.25) is 0 Å². The van der Waals surface area contributed by atoms with Crippen molar-refractivity contribution in [1.29, 1.82) is 0 Å². The van der Waals surface area contributed by atoms with Gasteiger partial charge in [-0.25, -0.2) is 8.42 Å². The van der Waals surface area contributed by atoms with Crippen LogP contribution in [0, 0.1) is 5.92 Å². The van der Waals surface area contributed by atoms with Crippen LogP contribution in [0.2, 0.25) is 0 Å². The highest BCUT2D eigenvalue weighted by Gasteiger charge is 2.30. The largest absolute Gasteiger partial charge is 0.390 e. The van der Waals surface area contributed by atoms with Crippen LogP contribution in [0.3, 0.4) is 0 Å². The minimum Gasteiger partial charge on any atom is -0.390 e. The van der Waals surface area contributed by atoms with Gasteiger partial charge in [0.2, 0.25) is 10.0 Å². The molecule has 0 saturated carbocycles. The molecule has 0 bridgehead atoms. The van der Waals surface area contributed by atoms with Crippen LogP contribution < -0.4 is 0 Å². The SMILES string of the molecule is CCC1CCN(S(=O)(=O)c2cc(CO)n(CC)c2)CC1. The van der Waals surface area contributed by atoms with E-state index >= 15 is 0 Å². The van der Waals surface area contributed by atoms with E-state index in [0.29, 0.717) is 36.1 Å². The van der Waals surface area contributed by atoms with Gasteiger partial charge in [-0.2, -0.15) is 4.31 Å². The second-order valence-electron chi connectivity index (χ2n) is 5.37. The van der Waals surface area contributed by atoms with Gasteiger partial charge in [0.15, 0.2) is 0 Å². The predicted molar refractivity (Wildman–Crippen MR) is 77.8 cm³/mol. The van der Waals surface area contributed by atoms with Crippen LogP contribution in [-0.2, 0) is 23.2 Å². The van der Waals surface area contributed by atoms with Crippen LogP contribution >= 0.6 is 0 Å². The van der Waals surface area contributed by atoms with Crippen molar-refractivity contribution in [3.05, 3.63) is 18.0 Å². The van der Waals surface area contributed by atoms with Crippen LogP contribution in [0.15, 0.2) is 17.2 Å². The third-order valence-corrected chi connectivity index (χ3v) is 6.12. The lowest BCUT2D eigenvalue weighted by atomic mass is 9.96. The van der Waals surface area contributed by atoms with E-state index in [1.165, 1.54) is 0 Å². The van der Waals surface area contributed by atoms with E-state index in [2.05, 4.69) is 6.92 Å². The third kappa shape index (κ3) is 2.92. The number of aliphatic hydroxyl groups excluding tert-OH is 1. The molecule has 0 aromatic carbocycles. The Kier molecular flexibility index (Phi) is 4.88. The van der Waals surface area contributed by atoms with Crippen molar-refractivity contribution in [2.75, 3.05) is 13.1 Å². The molecule has 0 spiro atoms. The summed E-state index contributed by atoms with van der Waals surface area (Å²) >= 11 is 0. The number of aryl methyl sites for hydroxylation is 1. The normalized spacial score (nSPS) is 18.6. The second kappa shape index (κ2) is 6.28. The molecule has 1 N–H and O–H groups in total.